The molecule has 0 fully saturated rings. The van der Waals surface area contributed by atoms with E-state index >= 15 is 0 Å². The van der Waals surface area contributed by atoms with Gasteiger partial charge < -0.3 is 20.1 Å². The summed E-state index contributed by atoms with van der Waals surface area (Å²) in [6, 6.07) is 16.9. The lowest BCUT2D eigenvalue weighted by Crippen LogP contribution is -2.19. The number of amides is 2. The van der Waals surface area contributed by atoms with E-state index in [0.717, 1.165) is 6.07 Å². The lowest BCUT2D eigenvalue weighted by atomic mass is 10.2. The molecule has 2 amide bonds. The Hall–Kier alpha value is -4.71. The second kappa shape index (κ2) is 8.97. The number of nitrogens with zero attached hydrogens (tertiary/aromatic N) is 3. The number of ether oxygens (including phenoxy) is 2. The van der Waals surface area contributed by atoms with Crippen LogP contribution < -0.4 is 20.1 Å². The van der Waals surface area contributed by atoms with Crippen molar-refractivity contribution in [2.45, 2.75) is 0 Å². The maximum atomic E-state index is 14.6. The minimum Gasteiger partial charge on any atom is -0.480 e. The van der Waals surface area contributed by atoms with E-state index in [1.54, 1.807) is 42.5 Å². The van der Waals surface area contributed by atoms with Crippen molar-refractivity contribution in [3.63, 3.8) is 0 Å². The van der Waals surface area contributed by atoms with Gasteiger partial charge in [-0.1, -0.05) is 0 Å². The molecule has 0 radical (unpaired) electrons. The van der Waals surface area contributed by atoms with Gasteiger partial charge in [-0.15, -0.1) is 0 Å². The molecule has 32 heavy (non-hydrogen) atoms. The number of rotatable bonds is 5. The molecule has 4 rings (SSSR count). The van der Waals surface area contributed by atoms with E-state index in [-0.39, 0.29) is 11.4 Å². The number of nitriles is 1. The van der Waals surface area contributed by atoms with E-state index in [0.29, 0.717) is 33.9 Å². The maximum absolute atomic E-state index is 14.6. The van der Waals surface area contributed by atoms with Crippen LogP contribution in [0, 0.1) is 17.1 Å². The van der Waals surface area contributed by atoms with Crippen LogP contribution >= 0.6 is 0 Å². The van der Waals surface area contributed by atoms with Crippen LogP contribution in [0.4, 0.5) is 20.6 Å². The van der Waals surface area contributed by atoms with Crippen molar-refractivity contribution < 1.29 is 18.7 Å². The third kappa shape index (κ3) is 4.71. The fraction of sp³-hybridized carbons (Fsp3) is 0.0435. The Labute approximate surface area is 182 Å². The molecule has 1 aromatic heterocycles. The molecule has 0 atom stereocenters. The van der Waals surface area contributed by atoms with Crippen LogP contribution in [-0.4, -0.2) is 23.1 Å². The smallest absolute Gasteiger partial charge is 0.323 e. The SMILES string of the molecule is COc1cnc2ccc(Oc3ccc(NC(=O)Nc4ccc(C#N)cc4)cc3F)cc2n1. The van der Waals surface area contributed by atoms with Crippen LogP contribution in [0.3, 0.4) is 0 Å². The van der Waals surface area contributed by atoms with Crippen molar-refractivity contribution in [3.8, 4) is 23.4 Å². The number of hydrogen-bond acceptors (Lipinski definition) is 6. The lowest BCUT2D eigenvalue weighted by Gasteiger charge is -2.11. The minimum atomic E-state index is -0.655. The number of benzene rings is 3. The third-order valence-electron chi connectivity index (χ3n) is 4.39. The highest BCUT2D eigenvalue weighted by molar-refractivity contribution is 5.99. The first-order valence-electron chi connectivity index (χ1n) is 9.40. The number of carbonyl (C=O) groups is 1. The Balaban J connectivity index is 1.44. The van der Waals surface area contributed by atoms with Gasteiger partial charge in [0.1, 0.15) is 5.75 Å². The highest BCUT2D eigenvalue weighted by Gasteiger charge is 2.10. The molecule has 8 nitrogen and oxygen atoms in total. The second-order valence-electron chi connectivity index (χ2n) is 6.58. The van der Waals surface area contributed by atoms with Crippen LogP contribution in [0.5, 0.6) is 17.4 Å². The van der Waals surface area contributed by atoms with Crippen molar-refractivity contribution in [1.29, 1.82) is 5.26 Å². The van der Waals surface area contributed by atoms with Gasteiger partial charge in [-0.2, -0.15) is 5.26 Å². The molecule has 0 bridgehead atoms. The van der Waals surface area contributed by atoms with Gasteiger partial charge in [0, 0.05) is 23.5 Å². The van der Waals surface area contributed by atoms with E-state index in [1.807, 2.05) is 6.07 Å². The molecule has 4 aromatic rings. The molecule has 0 aliphatic carbocycles. The zero-order valence-corrected chi connectivity index (χ0v) is 16.8. The first-order valence-corrected chi connectivity index (χ1v) is 9.40. The van der Waals surface area contributed by atoms with E-state index in [9.17, 15) is 9.18 Å². The molecule has 1 heterocycles. The summed E-state index contributed by atoms with van der Waals surface area (Å²) in [5, 5.41) is 14.0. The van der Waals surface area contributed by atoms with Crippen molar-refractivity contribution in [3.05, 3.63) is 78.2 Å². The van der Waals surface area contributed by atoms with Crippen molar-refractivity contribution >= 4 is 28.4 Å². The summed E-state index contributed by atoms with van der Waals surface area (Å²) in [5.74, 6) is 0.0602. The predicted octanol–water partition coefficient (Wildman–Crippen LogP) is 5.09. The molecule has 0 aliphatic heterocycles. The van der Waals surface area contributed by atoms with Crippen LogP contribution in [0.1, 0.15) is 5.56 Å². The zero-order valence-electron chi connectivity index (χ0n) is 16.8. The zero-order chi connectivity index (χ0) is 22.5. The van der Waals surface area contributed by atoms with E-state index < -0.39 is 11.8 Å². The summed E-state index contributed by atoms with van der Waals surface area (Å²) in [6.07, 6.45) is 1.51. The first kappa shape index (κ1) is 20.6. The average Bonchev–Trinajstić information content (AvgIpc) is 2.80. The largest absolute Gasteiger partial charge is 0.480 e. The highest BCUT2D eigenvalue weighted by atomic mass is 19.1. The normalized spacial score (nSPS) is 10.3. The van der Waals surface area contributed by atoms with Crippen molar-refractivity contribution in [2.24, 2.45) is 0 Å². The molecular formula is C23H16FN5O3. The number of anilines is 2. The minimum absolute atomic E-state index is 0.0155. The van der Waals surface area contributed by atoms with Gasteiger partial charge in [-0.05, 0) is 48.5 Å². The van der Waals surface area contributed by atoms with E-state index in [1.165, 1.54) is 25.4 Å². The first-order chi connectivity index (χ1) is 15.5. The Morgan fingerprint density at radius 3 is 2.47 bits per heavy atom. The van der Waals surface area contributed by atoms with E-state index in [2.05, 4.69) is 20.6 Å². The Morgan fingerprint density at radius 2 is 1.75 bits per heavy atom. The number of urea groups is 1. The maximum Gasteiger partial charge on any atom is 0.323 e. The summed E-state index contributed by atoms with van der Waals surface area (Å²) >= 11 is 0. The van der Waals surface area contributed by atoms with Crippen LogP contribution in [0.15, 0.2) is 66.9 Å². The predicted molar refractivity (Wildman–Crippen MR) is 116 cm³/mol. The molecule has 0 aliphatic rings. The fourth-order valence-corrected chi connectivity index (χ4v) is 2.85. The molecule has 0 saturated carbocycles. The average molecular weight is 429 g/mol. The number of fused-ring (bicyclic) bond motifs is 1. The Bertz CT molecular complexity index is 1340. The van der Waals surface area contributed by atoms with Gasteiger partial charge in [-0.3, -0.25) is 0 Å². The Kier molecular flexibility index (Phi) is 5.76. The molecule has 9 heteroatoms. The number of hydrogen-bond donors (Lipinski definition) is 2. The van der Waals surface area contributed by atoms with E-state index in [4.69, 9.17) is 14.7 Å². The number of halogens is 1. The Morgan fingerprint density at radius 1 is 1.00 bits per heavy atom. The summed E-state index contributed by atoms with van der Waals surface area (Å²) < 4.78 is 25.2. The number of methoxy groups -OCH3 is 1. The van der Waals surface area contributed by atoms with Gasteiger partial charge in [0.25, 0.3) is 0 Å². The molecule has 0 spiro atoms. The third-order valence-corrected chi connectivity index (χ3v) is 4.39. The summed E-state index contributed by atoms with van der Waals surface area (Å²) in [4.78, 5) is 20.6. The van der Waals surface area contributed by atoms with Crippen molar-refractivity contribution in [2.75, 3.05) is 17.7 Å². The summed E-state index contributed by atoms with van der Waals surface area (Å²) in [7, 11) is 1.49. The van der Waals surface area contributed by atoms with Crippen LogP contribution in [0.2, 0.25) is 0 Å². The molecule has 0 unspecified atom stereocenters. The lowest BCUT2D eigenvalue weighted by molar-refractivity contribution is 0.262. The quantitative estimate of drug-likeness (QED) is 0.458. The standard InChI is InChI=1S/C23H16FN5O3/c1-31-22-13-26-19-8-7-17(11-20(19)29-22)32-21-9-6-16(10-18(21)24)28-23(30)27-15-4-2-14(12-25)3-5-15/h2-11,13H,1H3,(H2,27,28,30). The molecule has 3 aromatic carbocycles. The summed E-state index contributed by atoms with van der Waals surface area (Å²) in [6.45, 7) is 0. The molecule has 0 saturated heterocycles. The number of aromatic nitrogens is 2. The monoisotopic (exact) mass is 429 g/mol. The van der Waals surface area contributed by atoms with Crippen molar-refractivity contribution in [1.82, 2.24) is 9.97 Å². The van der Waals surface area contributed by atoms with Gasteiger partial charge in [0.05, 0.1) is 36.0 Å². The van der Waals surface area contributed by atoms with Gasteiger partial charge >= 0.3 is 6.03 Å². The molecule has 158 valence electrons. The van der Waals surface area contributed by atoms with Gasteiger partial charge in [0.15, 0.2) is 11.6 Å². The second-order valence-corrected chi connectivity index (χ2v) is 6.58. The highest BCUT2D eigenvalue weighted by Crippen LogP contribution is 2.28. The molecule has 2 N–H and O–H groups in total. The fourth-order valence-electron chi connectivity index (χ4n) is 2.85. The topological polar surface area (TPSA) is 109 Å². The van der Waals surface area contributed by atoms with Crippen LogP contribution in [0.25, 0.3) is 11.0 Å². The van der Waals surface area contributed by atoms with Crippen LogP contribution in [-0.2, 0) is 0 Å². The van der Waals surface area contributed by atoms with Gasteiger partial charge in [0.2, 0.25) is 5.88 Å². The van der Waals surface area contributed by atoms with Gasteiger partial charge in [-0.25, -0.2) is 19.2 Å². The summed E-state index contributed by atoms with van der Waals surface area (Å²) in [5.41, 5.74) is 2.41. The molecular weight excluding hydrogens is 413 g/mol. The number of carbonyl (C=O) groups excluding carboxylic acids is 1. The number of nitrogens with one attached hydrogen (secondary N) is 2.